The summed E-state index contributed by atoms with van der Waals surface area (Å²) < 4.78 is 21.3. The van der Waals surface area contributed by atoms with E-state index >= 15 is 0 Å². The molecule has 0 bridgehead atoms. The molecule has 0 unspecified atom stereocenters. The van der Waals surface area contributed by atoms with Crippen LogP contribution in [0.5, 0.6) is 5.75 Å². The van der Waals surface area contributed by atoms with Gasteiger partial charge >= 0.3 is 5.69 Å². The fraction of sp³-hybridized carbons (Fsp3) is 0.222. The highest BCUT2D eigenvalue weighted by Crippen LogP contribution is 2.28. The van der Waals surface area contributed by atoms with Crippen molar-refractivity contribution in [3.8, 4) is 5.75 Å². The van der Waals surface area contributed by atoms with Crippen LogP contribution < -0.4 is 10.5 Å². The fourth-order valence-corrected chi connectivity index (χ4v) is 1.65. The van der Waals surface area contributed by atoms with E-state index in [4.69, 9.17) is 5.14 Å². The van der Waals surface area contributed by atoms with Crippen LogP contribution in [0.15, 0.2) is 18.2 Å². The molecular formula is C9H11N3O6S. The van der Waals surface area contributed by atoms with Crippen LogP contribution >= 0.6 is 0 Å². The van der Waals surface area contributed by atoms with Gasteiger partial charge in [-0.3, -0.25) is 14.9 Å². The number of benzene rings is 1. The van der Waals surface area contributed by atoms with E-state index in [1.165, 1.54) is 12.1 Å². The number of primary sulfonamides is 1. The molecule has 0 fully saturated rings. The van der Waals surface area contributed by atoms with Gasteiger partial charge in [0.15, 0.2) is 0 Å². The summed E-state index contributed by atoms with van der Waals surface area (Å²) in [7, 11) is -3.72. The number of amides is 1. The van der Waals surface area contributed by atoms with Crippen molar-refractivity contribution in [3.05, 3.63) is 33.9 Å². The number of para-hydroxylation sites is 1. The molecule has 0 aliphatic carbocycles. The van der Waals surface area contributed by atoms with Crippen LogP contribution in [0.1, 0.15) is 10.4 Å². The lowest BCUT2D eigenvalue weighted by Crippen LogP contribution is -2.31. The second-order valence-electron chi connectivity index (χ2n) is 3.55. The molecule has 1 aromatic carbocycles. The standard InChI is InChI=1S/C9H11N3O6S/c10-19(17,18)5-4-11-9(14)6-2-1-3-7(8(6)13)12(15)16/h1-3,13H,4-5H2,(H,11,14)(H2,10,17,18). The molecule has 19 heavy (non-hydrogen) atoms. The largest absolute Gasteiger partial charge is 0.502 e. The number of phenols is 1. The van der Waals surface area contributed by atoms with Crippen LogP contribution in [-0.2, 0) is 10.0 Å². The Balaban J connectivity index is 2.83. The van der Waals surface area contributed by atoms with Crippen molar-refractivity contribution in [3.63, 3.8) is 0 Å². The summed E-state index contributed by atoms with van der Waals surface area (Å²) in [4.78, 5) is 21.3. The Morgan fingerprint density at radius 1 is 1.47 bits per heavy atom. The number of nitrogens with zero attached hydrogens (tertiary/aromatic N) is 1. The van der Waals surface area contributed by atoms with Crippen LogP contribution in [-0.4, -0.2) is 36.7 Å². The quantitative estimate of drug-likeness (QED) is 0.482. The van der Waals surface area contributed by atoms with Gasteiger partial charge in [-0.1, -0.05) is 6.07 Å². The molecule has 0 aliphatic rings. The summed E-state index contributed by atoms with van der Waals surface area (Å²) in [5.74, 6) is -2.08. The first-order valence-electron chi connectivity index (χ1n) is 4.97. The highest BCUT2D eigenvalue weighted by Gasteiger charge is 2.20. The number of sulfonamides is 1. The van der Waals surface area contributed by atoms with E-state index in [0.717, 1.165) is 6.07 Å². The molecule has 0 saturated heterocycles. The number of carbonyl (C=O) groups is 1. The second-order valence-corrected chi connectivity index (χ2v) is 5.29. The summed E-state index contributed by atoms with van der Waals surface area (Å²) in [6.07, 6.45) is 0. The monoisotopic (exact) mass is 289 g/mol. The molecule has 104 valence electrons. The summed E-state index contributed by atoms with van der Waals surface area (Å²) >= 11 is 0. The van der Waals surface area contributed by atoms with Crippen molar-refractivity contribution >= 4 is 21.6 Å². The number of nitro groups is 1. The first-order chi connectivity index (χ1) is 8.72. The van der Waals surface area contributed by atoms with E-state index in [-0.39, 0.29) is 12.1 Å². The SMILES string of the molecule is NS(=O)(=O)CCNC(=O)c1cccc([N+](=O)[O-])c1O. The molecule has 1 amide bonds. The maximum Gasteiger partial charge on any atom is 0.311 e. The van der Waals surface area contributed by atoms with Crippen molar-refractivity contribution in [1.82, 2.24) is 5.32 Å². The first-order valence-corrected chi connectivity index (χ1v) is 6.69. The average molecular weight is 289 g/mol. The normalized spacial score (nSPS) is 11.0. The zero-order valence-corrected chi connectivity index (χ0v) is 10.4. The van der Waals surface area contributed by atoms with E-state index in [9.17, 15) is 28.4 Å². The van der Waals surface area contributed by atoms with E-state index < -0.39 is 38.0 Å². The minimum atomic E-state index is -3.72. The summed E-state index contributed by atoms with van der Waals surface area (Å²) in [5, 5.41) is 27.0. The lowest BCUT2D eigenvalue weighted by Gasteiger charge is -2.06. The Hall–Kier alpha value is -2.20. The lowest BCUT2D eigenvalue weighted by atomic mass is 10.1. The van der Waals surface area contributed by atoms with Crippen molar-refractivity contribution in [2.24, 2.45) is 5.14 Å². The van der Waals surface area contributed by atoms with Crippen molar-refractivity contribution < 1.29 is 23.2 Å². The maximum absolute atomic E-state index is 11.6. The molecule has 0 aliphatic heterocycles. The number of nitro benzene ring substituents is 1. The molecule has 0 saturated carbocycles. The highest BCUT2D eigenvalue weighted by atomic mass is 32.2. The third kappa shape index (κ3) is 4.19. The third-order valence-corrected chi connectivity index (χ3v) is 2.90. The predicted molar refractivity (Wildman–Crippen MR) is 65.1 cm³/mol. The minimum absolute atomic E-state index is 0.264. The van der Waals surface area contributed by atoms with Gasteiger partial charge in [0, 0.05) is 12.6 Å². The molecule has 0 aromatic heterocycles. The second kappa shape index (κ2) is 5.63. The van der Waals surface area contributed by atoms with Crippen LogP contribution in [0.3, 0.4) is 0 Å². The van der Waals surface area contributed by atoms with Crippen molar-refractivity contribution in [2.45, 2.75) is 0 Å². The molecule has 0 spiro atoms. The highest BCUT2D eigenvalue weighted by molar-refractivity contribution is 7.89. The van der Waals surface area contributed by atoms with Gasteiger partial charge in [-0.2, -0.15) is 0 Å². The summed E-state index contributed by atoms with van der Waals surface area (Å²) in [6.45, 7) is -0.264. The molecule has 4 N–H and O–H groups in total. The number of hydrogen-bond acceptors (Lipinski definition) is 6. The number of aromatic hydroxyl groups is 1. The molecule has 0 heterocycles. The zero-order valence-electron chi connectivity index (χ0n) is 9.57. The summed E-state index contributed by atoms with van der Waals surface area (Å²) in [5.41, 5.74) is -0.928. The Morgan fingerprint density at radius 2 is 2.11 bits per heavy atom. The smallest absolute Gasteiger partial charge is 0.311 e. The number of nitrogens with one attached hydrogen (secondary N) is 1. The van der Waals surface area contributed by atoms with Gasteiger partial charge in [-0.05, 0) is 6.07 Å². The number of phenolic OH excluding ortho intramolecular Hbond substituents is 1. The average Bonchev–Trinajstić information content (AvgIpc) is 2.26. The maximum atomic E-state index is 11.6. The first kappa shape index (κ1) is 14.9. The molecule has 1 aromatic rings. The fourth-order valence-electron chi connectivity index (χ4n) is 1.26. The Kier molecular flexibility index (Phi) is 4.40. The van der Waals surface area contributed by atoms with Gasteiger partial charge in [0.25, 0.3) is 5.91 Å². The topological polar surface area (TPSA) is 153 Å². The van der Waals surface area contributed by atoms with E-state index in [1.807, 2.05) is 0 Å². The van der Waals surface area contributed by atoms with Crippen LogP contribution in [0.4, 0.5) is 5.69 Å². The van der Waals surface area contributed by atoms with Gasteiger partial charge in [0.05, 0.1) is 16.2 Å². The van der Waals surface area contributed by atoms with Gasteiger partial charge in [-0.15, -0.1) is 0 Å². The molecule has 10 heteroatoms. The van der Waals surface area contributed by atoms with E-state index in [1.54, 1.807) is 0 Å². The molecule has 0 radical (unpaired) electrons. The van der Waals surface area contributed by atoms with Gasteiger partial charge in [0.1, 0.15) is 0 Å². The Bertz CT molecular complexity index is 612. The van der Waals surface area contributed by atoms with Crippen LogP contribution in [0, 0.1) is 10.1 Å². The molecule has 9 nitrogen and oxygen atoms in total. The lowest BCUT2D eigenvalue weighted by molar-refractivity contribution is -0.385. The van der Waals surface area contributed by atoms with Gasteiger partial charge in [0.2, 0.25) is 15.8 Å². The zero-order chi connectivity index (χ0) is 14.6. The van der Waals surface area contributed by atoms with E-state index in [0.29, 0.717) is 0 Å². The molecular weight excluding hydrogens is 278 g/mol. The van der Waals surface area contributed by atoms with E-state index in [2.05, 4.69) is 5.32 Å². The van der Waals surface area contributed by atoms with Gasteiger partial charge in [-0.25, -0.2) is 13.6 Å². The predicted octanol–water partition coefficient (Wildman–Crippen LogP) is -0.681. The third-order valence-electron chi connectivity index (χ3n) is 2.13. The minimum Gasteiger partial charge on any atom is -0.502 e. The van der Waals surface area contributed by atoms with Crippen molar-refractivity contribution in [1.29, 1.82) is 0 Å². The number of carbonyl (C=O) groups excluding carboxylic acids is 1. The Labute approximate surface area is 108 Å². The number of nitrogens with two attached hydrogens (primary N) is 1. The van der Waals surface area contributed by atoms with Crippen LogP contribution in [0.25, 0.3) is 0 Å². The van der Waals surface area contributed by atoms with Gasteiger partial charge < -0.3 is 10.4 Å². The summed E-state index contributed by atoms with van der Waals surface area (Å²) in [6, 6.07) is 3.44. The van der Waals surface area contributed by atoms with Crippen LogP contribution in [0.2, 0.25) is 0 Å². The molecule has 0 atom stereocenters. The van der Waals surface area contributed by atoms with Crippen molar-refractivity contribution in [2.75, 3.05) is 12.3 Å². The number of hydrogen-bond donors (Lipinski definition) is 3. The Morgan fingerprint density at radius 3 is 2.63 bits per heavy atom. The number of rotatable bonds is 5. The molecule has 1 rings (SSSR count).